The summed E-state index contributed by atoms with van der Waals surface area (Å²) in [7, 11) is 1.87. The highest BCUT2D eigenvalue weighted by Gasteiger charge is 2.18. The van der Waals surface area contributed by atoms with Gasteiger partial charge in [-0.1, -0.05) is 35.9 Å². The van der Waals surface area contributed by atoms with Crippen molar-refractivity contribution in [1.82, 2.24) is 9.78 Å². The van der Waals surface area contributed by atoms with Crippen molar-refractivity contribution in [2.45, 2.75) is 12.5 Å². The van der Waals surface area contributed by atoms with Gasteiger partial charge in [0.25, 0.3) is 0 Å². The second-order valence-corrected chi connectivity index (χ2v) is 5.44. The summed E-state index contributed by atoms with van der Waals surface area (Å²) in [4.78, 5) is 0. The minimum absolute atomic E-state index is 0.312. The van der Waals surface area contributed by atoms with E-state index in [2.05, 4.69) is 5.10 Å². The van der Waals surface area contributed by atoms with Gasteiger partial charge in [-0.2, -0.15) is 5.10 Å². The van der Waals surface area contributed by atoms with Crippen molar-refractivity contribution in [2.24, 2.45) is 12.8 Å². The van der Waals surface area contributed by atoms with E-state index in [0.29, 0.717) is 17.0 Å². The number of halogens is 2. The van der Waals surface area contributed by atoms with Crippen molar-refractivity contribution < 1.29 is 4.39 Å². The lowest BCUT2D eigenvalue weighted by Gasteiger charge is -2.12. The van der Waals surface area contributed by atoms with E-state index in [1.54, 1.807) is 16.8 Å². The molecule has 0 aliphatic rings. The lowest BCUT2D eigenvalue weighted by atomic mass is 10.0. The van der Waals surface area contributed by atoms with Crippen LogP contribution in [0.25, 0.3) is 10.9 Å². The van der Waals surface area contributed by atoms with E-state index in [1.807, 2.05) is 31.3 Å². The van der Waals surface area contributed by atoms with Crippen molar-refractivity contribution in [3.8, 4) is 0 Å². The SMILES string of the molecule is Cn1nc(C(N)Cc2c(F)cccc2Cl)c2ccccc21. The Morgan fingerprint density at radius 1 is 1.24 bits per heavy atom. The predicted octanol–water partition coefficient (Wildman–Crippen LogP) is 3.61. The molecule has 0 bridgehead atoms. The third kappa shape index (κ3) is 2.52. The van der Waals surface area contributed by atoms with E-state index < -0.39 is 6.04 Å². The first-order valence-corrected chi connectivity index (χ1v) is 7.06. The van der Waals surface area contributed by atoms with Crippen LogP contribution < -0.4 is 5.73 Å². The molecule has 2 aromatic carbocycles. The molecule has 21 heavy (non-hydrogen) atoms. The zero-order valence-electron chi connectivity index (χ0n) is 11.6. The molecule has 3 nitrogen and oxygen atoms in total. The monoisotopic (exact) mass is 303 g/mol. The van der Waals surface area contributed by atoms with Crippen LogP contribution >= 0.6 is 11.6 Å². The standard InChI is InChI=1S/C16H15ClFN3/c1-21-15-8-3-2-5-10(15)16(20-21)14(19)9-11-12(17)6-4-7-13(11)18/h2-8,14H,9,19H2,1H3. The maximum absolute atomic E-state index is 13.9. The van der Waals surface area contributed by atoms with E-state index in [1.165, 1.54) is 6.07 Å². The number of benzene rings is 2. The molecule has 3 aromatic rings. The minimum atomic E-state index is -0.412. The Morgan fingerprint density at radius 2 is 2.00 bits per heavy atom. The molecule has 0 amide bonds. The largest absolute Gasteiger partial charge is 0.322 e. The molecule has 1 unspecified atom stereocenters. The van der Waals surface area contributed by atoms with Gasteiger partial charge in [0.2, 0.25) is 0 Å². The summed E-state index contributed by atoms with van der Waals surface area (Å²) < 4.78 is 15.7. The fourth-order valence-electron chi connectivity index (χ4n) is 2.56. The third-order valence-corrected chi connectivity index (χ3v) is 3.98. The molecule has 0 spiro atoms. The first-order chi connectivity index (χ1) is 10.1. The molecule has 0 radical (unpaired) electrons. The summed E-state index contributed by atoms with van der Waals surface area (Å²) >= 11 is 6.06. The average molecular weight is 304 g/mol. The molecule has 108 valence electrons. The van der Waals surface area contributed by atoms with Crippen LogP contribution in [-0.4, -0.2) is 9.78 Å². The summed E-state index contributed by atoms with van der Waals surface area (Å²) in [5.41, 5.74) is 8.43. The number of aryl methyl sites for hydroxylation is 1. The Balaban J connectivity index is 2.00. The number of hydrogen-bond acceptors (Lipinski definition) is 2. The van der Waals surface area contributed by atoms with Gasteiger partial charge in [-0.15, -0.1) is 0 Å². The van der Waals surface area contributed by atoms with E-state index >= 15 is 0 Å². The number of nitrogens with two attached hydrogens (primary N) is 1. The highest BCUT2D eigenvalue weighted by molar-refractivity contribution is 6.31. The molecule has 0 aliphatic heterocycles. The smallest absolute Gasteiger partial charge is 0.127 e. The predicted molar refractivity (Wildman–Crippen MR) is 82.8 cm³/mol. The zero-order chi connectivity index (χ0) is 15.0. The second-order valence-electron chi connectivity index (χ2n) is 5.04. The number of para-hydroxylation sites is 1. The van der Waals surface area contributed by atoms with Gasteiger partial charge in [-0.25, -0.2) is 4.39 Å². The molecule has 0 fully saturated rings. The van der Waals surface area contributed by atoms with Gasteiger partial charge in [0.05, 0.1) is 17.3 Å². The Labute approximate surface area is 127 Å². The summed E-state index contributed by atoms with van der Waals surface area (Å²) in [6.07, 6.45) is 0.312. The number of fused-ring (bicyclic) bond motifs is 1. The first-order valence-electron chi connectivity index (χ1n) is 6.68. The Kier molecular flexibility index (Phi) is 3.66. The summed E-state index contributed by atoms with van der Waals surface area (Å²) in [6.45, 7) is 0. The highest BCUT2D eigenvalue weighted by atomic mass is 35.5. The van der Waals surface area contributed by atoms with Crippen molar-refractivity contribution >= 4 is 22.5 Å². The van der Waals surface area contributed by atoms with E-state index in [0.717, 1.165) is 16.6 Å². The van der Waals surface area contributed by atoms with Crippen molar-refractivity contribution in [3.05, 3.63) is 64.6 Å². The van der Waals surface area contributed by atoms with Crippen LogP contribution in [0.1, 0.15) is 17.3 Å². The van der Waals surface area contributed by atoms with Crippen LogP contribution in [0.15, 0.2) is 42.5 Å². The average Bonchev–Trinajstić information content (AvgIpc) is 2.81. The highest BCUT2D eigenvalue weighted by Crippen LogP contribution is 2.27. The van der Waals surface area contributed by atoms with Gasteiger partial charge < -0.3 is 5.73 Å². The van der Waals surface area contributed by atoms with Gasteiger partial charge >= 0.3 is 0 Å². The molecule has 2 N–H and O–H groups in total. The van der Waals surface area contributed by atoms with E-state index in [4.69, 9.17) is 17.3 Å². The molecule has 5 heteroatoms. The molecule has 1 aromatic heterocycles. The van der Waals surface area contributed by atoms with Gasteiger partial charge in [0.15, 0.2) is 0 Å². The third-order valence-electron chi connectivity index (χ3n) is 3.62. The van der Waals surface area contributed by atoms with Crippen LogP contribution in [0.5, 0.6) is 0 Å². The van der Waals surface area contributed by atoms with Crippen molar-refractivity contribution in [2.75, 3.05) is 0 Å². The van der Waals surface area contributed by atoms with E-state index in [9.17, 15) is 4.39 Å². The van der Waals surface area contributed by atoms with Crippen molar-refractivity contribution in [3.63, 3.8) is 0 Å². The van der Waals surface area contributed by atoms with Crippen molar-refractivity contribution in [1.29, 1.82) is 0 Å². The number of nitrogens with zero attached hydrogens (tertiary/aromatic N) is 2. The maximum Gasteiger partial charge on any atom is 0.127 e. The fraction of sp³-hybridized carbons (Fsp3) is 0.188. The summed E-state index contributed by atoms with van der Waals surface area (Å²) in [6, 6.07) is 12.1. The van der Waals surface area contributed by atoms with Gasteiger partial charge in [-0.3, -0.25) is 4.68 Å². The van der Waals surface area contributed by atoms with Crippen LogP contribution in [0, 0.1) is 5.82 Å². The van der Waals surface area contributed by atoms with Crippen LogP contribution in [0.4, 0.5) is 4.39 Å². The molecule has 3 rings (SSSR count). The van der Waals surface area contributed by atoms with Gasteiger partial charge in [-0.05, 0) is 24.6 Å². The fourth-order valence-corrected chi connectivity index (χ4v) is 2.80. The topological polar surface area (TPSA) is 43.8 Å². The Hall–Kier alpha value is -1.91. The van der Waals surface area contributed by atoms with Crippen LogP contribution in [-0.2, 0) is 13.5 Å². The normalized spacial score (nSPS) is 12.8. The molecular formula is C16H15ClFN3. The lowest BCUT2D eigenvalue weighted by molar-refractivity contribution is 0.587. The van der Waals surface area contributed by atoms with E-state index in [-0.39, 0.29) is 5.82 Å². The Bertz CT molecular complexity index is 777. The number of aromatic nitrogens is 2. The molecule has 0 aliphatic carbocycles. The Morgan fingerprint density at radius 3 is 2.76 bits per heavy atom. The molecule has 0 saturated heterocycles. The summed E-state index contributed by atoms with van der Waals surface area (Å²) in [5, 5.41) is 5.85. The number of rotatable bonds is 3. The number of hydrogen-bond donors (Lipinski definition) is 1. The van der Waals surface area contributed by atoms with Gasteiger partial charge in [0, 0.05) is 23.0 Å². The van der Waals surface area contributed by atoms with Gasteiger partial charge in [0.1, 0.15) is 5.82 Å². The first kappa shape index (κ1) is 14.0. The second kappa shape index (κ2) is 5.47. The minimum Gasteiger partial charge on any atom is -0.322 e. The lowest BCUT2D eigenvalue weighted by Crippen LogP contribution is -2.15. The molecular weight excluding hydrogens is 289 g/mol. The molecule has 1 heterocycles. The zero-order valence-corrected chi connectivity index (χ0v) is 12.3. The maximum atomic E-state index is 13.9. The molecule has 0 saturated carbocycles. The quantitative estimate of drug-likeness (QED) is 0.803. The van der Waals surface area contributed by atoms with Crippen LogP contribution in [0.2, 0.25) is 5.02 Å². The van der Waals surface area contributed by atoms with Crippen LogP contribution in [0.3, 0.4) is 0 Å². The summed E-state index contributed by atoms with van der Waals surface area (Å²) in [5.74, 6) is -0.335. The molecule has 1 atom stereocenters.